The van der Waals surface area contributed by atoms with Gasteiger partial charge in [0.1, 0.15) is 0 Å². The second-order valence-corrected chi connectivity index (χ2v) is 2.03. The van der Waals surface area contributed by atoms with Crippen LogP contribution in [0.1, 0.15) is 22.1 Å². The Morgan fingerprint density at radius 1 is 1.82 bits per heavy atom. The number of hydrogen-bond donors (Lipinski definition) is 2. The number of oxazole rings is 1. The minimum atomic E-state index is -1.12. The number of aryl methyl sites for hydroxylation is 1. The Balaban J connectivity index is 3.07. The van der Waals surface area contributed by atoms with E-state index < -0.39 is 5.97 Å². The van der Waals surface area contributed by atoms with Crippen LogP contribution in [0.5, 0.6) is 0 Å². The summed E-state index contributed by atoms with van der Waals surface area (Å²) < 4.78 is 4.79. The van der Waals surface area contributed by atoms with Gasteiger partial charge in [-0.3, -0.25) is 0 Å². The predicted molar refractivity (Wildman–Crippen MR) is 36.1 cm³/mol. The molecule has 0 saturated carbocycles. The zero-order valence-electron chi connectivity index (χ0n) is 6.00. The molecule has 11 heavy (non-hydrogen) atoms. The van der Waals surface area contributed by atoms with Crippen molar-refractivity contribution in [1.82, 2.24) is 4.98 Å². The Morgan fingerprint density at radius 2 is 2.45 bits per heavy atom. The lowest BCUT2D eigenvalue weighted by molar-refractivity contribution is 0.0659. The number of hydrogen-bond acceptors (Lipinski definition) is 4. The topological polar surface area (TPSA) is 89.4 Å². The van der Waals surface area contributed by atoms with E-state index in [1.165, 1.54) is 0 Å². The molecule has 5 heteroatoms. The molecule has 3 N–H and O–H groups in total. The zero-order valence-corrected chi connectivity index (χ0v) is 6.00. The summed E-state index contributed by atoms with van der Waals surface area (Å²) >= 11 is 0. The Bertz CT molecular complexity index is 279. The average molecular weight is 156 g/mol. The molecule has 0 saturated heterocycles. The van der Waals surface area contributed by atoms with Gasteiger partial charge in [-0.1, -0.05) is 0 Å². The van der Waals surface area contributed by atoms with E-state index in [9.17, 15) is 4.79 Å². The Hall–Kier alpha value is -1.36. The van der Waals surface area contributed by atoms with E-state index in [1.807, 2.05) is 0 Å². The molecule has 0 aromatic carbocycles. The molecule has 0 spiro atoms. The van der Waals surface area contributed by atoms with Gasteiger partial charge in [0.25, 0.3) is 0 Å². The fraction of sp³-hybridized carbons (Fsp3) is 0.333. The molecule has 0 aliphatic rings. The molecule has 0 aliphatic carbocycles. The van der Waals surface area contributed by atoms with E-state index >= 15 is 0 Å². The van der Waals surface area contributed by atoms with Gasteiger partial charge in [0.15, 0.2) is 0 Å². The number of aromatic nitrogens is 1. The van der Waals surface area contributed by atoms with Crippen LogP contribution in [0.2, 0.25) is 0 Å². The van der Waals surface area contributed by atoms with Gasteiger partial charge in [0.05, 0.1) is 12.2 Å². The first kappa shape index (κ1) is 7.74. The SMILES string of the molecule is Cc1nc(CN)oc1C(=O)O. The summed E-state index contributed by atoms with van der Waals surface area (Å²) in [5.74, 6) is -1.000. The fourth-order valence-corrected chi connectivity index (χ4v) is 0.738. The summed E-state index contributed by atoms with van der Waals surface area (Å²) in [7, 11) is 0. The maximum Gasteiger partial charge on any atom is 0.373 e. The van der Waals surface area contributed by atoms with E-state index in [2.05, 4.69) is 4.98 Å². The Morgan fingerprint density at radius 3 is 2.73 bits per heavy atom. The van der Waals surface area contributed by atoms with Crippen LogP contribution in [0.4, 0.5) is 0 Å². The fourth-order valence-electron chi connectivity index (χ4n) is 0.738. The third-order valence-corrected chi connectivity index (χ3v) is 1.21. The summed E-state index contributed by atoms with van der Waals surface area (Å²) in [6, 6.07) is 0. The van der Waals surface area contributed by atoms with Gasteiger partial charge in [-0.15, -0.1) is 0 Å². The van der Waals surface area contributed by atoms with Crippen molar-refractivity contribution in [2.24, 2.45) is 5.73 Å². The van der Waals surface area contributed by atoms with Crippen molar-refractivity contribution in [3.05, 3.63) is 17.3 Å². The Labute approximate surface area is 62.8 Å². The van der Waals surface area contributed by atoms with E-state index in [1.54, 1.807) is 6.92 Å². The van der Waals surface area contributed by atoms with Crippen molar-refractivity contribution in [3.8, 4) is 0 Å². The largest absolute Gasteiger partial charge is 0.475 e. The first-order valence-corrected chi connectivity index (χ1v) is 3.04. The highest BCUT2D eigenvalue weighted by Gasteiger charge is 2.14. The van der Waals surface area contributed by atoms with Crippen LogP contribution in [0.3, 0.4) is 0 Å². The molecule has 0 bridgehead atoms. The number of nitrogens with zero attached hydrogens (tertiary/aromatic N) is 1. The quantitative estimate of drug-likeness (QED) is 0.635. The minimum absolute atomic E-state index is 0.119. The van der Waals surface area contributed by atoms with E-state index in [0.717, 1.165) is 0 Å². The second-order valence-electron chi connectivity index (χ2n) is 2.03. The lowest BCUT2D eigenvalue weighted by Crippen LogP contribution is -1.96. The van der Waals surface area contributed by atoms with Crippen LogP contribution in [-0.2, 0) is 6.54 Å². The molecule has 0 radical (unpaired) electrons. The van der Waals surface area contributed by atoms with Crippen LogP contribution in [0.15, 0.2) is 4.42 Å². The summed E-state index contributed by atoms with van der Waals surface area (Å²) in [6.45, 7) is 1.68. The number of carboxylic acids is 1. The standard InChI is InChI=1S/C6H8N2O3/c1-3-5(6(9)10)11-4(2-7)8-3/h2,7H2,1H3,(H,9,10). The third-order valence-electron chi connectivity index (χ3n) is 1.21. The highest BCUT2D eigenvalue weighted by molar-refractivity contribution is 5.85. The monoisotopic (exact) mass is 156 g/mol. The molecule has 0 fully saturated rings. The molecule has 1 aromatic heterocycles. The maximum atomic E-state index is 10.4. The highest BCUT2D eigenvalue weighted by Crippen LogP contribution is 2.08. The molecule has 0 unspecified atom stereocenters. The molecule has 0 amide bonds. The molecule has 5 nitrogen and oxygen atoms in total. The van der Waals surface area contributed by atoms with Crippen molar-refractivity contribution >= 4 is 5.97 Å². The molecule has 60 valence electrons. The summed E-state index contributed by atoms with van der Waals surface area (Å²) in [6.07, 6.45) is 0. The van der Waals surface area contributed by atoms with E-state index in [4.69, 9.17) is 15.3 Å². The van der Waals surface area contributed by atoms with Crippen molar-refractivity contribution in [2.45, 2.75) is 13.5 Å². The number of nitrogens with two attached hydrogens (primary N) is 1. The number of rotatable bonds is 2. The lowest BCUT2D eigenvalue weighted by Gasteiger charge is -1.85. The number of aromatic carboxylic acids is 1. The van der Waals surface area contributed by atoms with Gasteiger partial charge >= 0.3 is 5.97 Å². The highest BCUT2D eigenvalue weighted by atomic mass is 16.4. The second kappa shape index (κ2) is 2.71. The summed E-state index contributed by atoms with van der Waals surface area (Å²) in [4.78, 5) is 14.2. The first-order valence-electron chi connectivity index (χ1n) is 3.04. The predicted octanol–water partition coefficient (Wildman–Crippen LogP) is 0.140. The van der Waals surface area contributed by atoms with Crippen molar-refractivity contribution < 1.29 is 14.3 Å². The van der Waals surface area contributed by atoms with Gasteiger partial charge < -0.3 is 15.3 Å². The lowest BCUT2D eigenvalue weighted by atomic mass is 10.4. The van der Waals surface area contributed by atoms with Gasteiger partial charge in [-0.2, -0.15) is 0 Å². The maximum absolute atomic E-state index is 10.4. The average Bonchev–Trinajstić information content (AvgIpc) is 2.30. The molecule has 1 rings (SSSR count). The molecule has 1 heterocycles. The summed E-state index contributed by atoms with van der Waals surface area (Å²) in [5.41, 5.74) is 5.54. The minimum Gasteiger partial charge on any atom is -0.475 e. The Kier molecular flexibility index (Phi) is 1.91. The van der Waals surface area contributed by atoms with Crippen molar-refractivity contribution in [1.29, 1.82) is 0 Å². The molecule has 0 atom stereocenters. The van der Waals surface area contributed by atoms with Gasteiger partial charge in [-0.05, 0) is 6.92 Å². The van der Waals surface area contributed by atoms with Crippen LogP contribution >= 0.6 is 0 Å². The van der Waals surface area contributed by atoms with Crippen LogP contribution in [0, 0.1) is 6.92 Å². The zero-order chi connectivity index (χ0) is 8.43. The van der Waals surface area contributed by atoms with Crippen LogP contribution in [0.25, 0.3) is 0 Å². The normalized spacial score (nSPS) is 10.0. The van der Waals surface area contributed by atoms with E-state index in [0.29, 0.717) is 5.69 Å². The van der Waals surface area contributed by atoms with Crippen molar-refractivity contribution in [2.75, 3.05) is 0 Å². The van der Waals surface area contributed by atoms with E-state index in [-0.39, 0.29) is 18.2 Å². The smallest absolute Gasteiger partial charge is 0.373 e. The number of carbonyl (C=O) groups is 1. The van der Waals surface area contributed by atoms with Gasteiger partial charge in [0, 0.05) is 0 Å². The van der Waals surface area contributed by atoms with Crippen LogP contribution in [-0.4, -0.2) is 16.1 Å². The molecular weight excluding hydrogens is 148 g/mol. The van der Waals surface area contributed by atoms with Crippen molar-refractivity contribution in [3.63, 3.8) is 0 Å². The first-order chi connectivity index (χ1) is 5.15. The molecular formula is C6H8N2O3. The van der Waals surface area contributed by atoms with Gasteiger partial charge in [0.2, 0.25) is 11.7 Å². The summed E-state index contributed by atoms with van der Waals surface area (Å²) in [5, 5.41) is 8.50. The molecule has 1 aromatic rings. The number of carboxylic acid groups (broad SMARTS) is 1. The van der Waals surface area contributed by atoms with Crippen LogP contribution < -0.4 is 5.73 Å². The third kappa shape index (κ3) is 1.38. The van der Waals surface area contributed by atoms with Gasteiger partial charge in [-0.25, -0.2) is 9.78 Å². The molecule has 0 aliphatic heterocycles.